The molecule has 0 radical (unpaired) electrons. The summed E-state index contributed by atoms with van der Waals surface area (Å²) in [7, 11) is 1.34. The predicted octanol–water partition coefficient (Wildman–Crippen LogP) is 3.40. The summed E-state index contributed by atoms with van der Waals surface area (Å²) in [5.41, 5.74) is 1.33. The molecular formula is C20H22BrN3O5. The van der Waals surface area contributed by atoms with Crippen LogP contribution in [-0.4, -0.2) is 59.8 Å². The van der Waals surface area contributed by atoms with Crippen LogP contribution in [0, 0.1) is 0 Å². The first-order valence-corrected chi connectivity index (χ1v) is 9.89. The molecule has 0 spiro atoms. The summed E-state index contributed by atoms with van der Waals surface area (Å²) in [5, 5.41) is 9.21. The Hall–Kier alpha value is -2.81. The molecule has 0 bridgehead atoms. The molecule has 9 heteroatoms. The molecular weight excluding hydrogens is 442 g/mol. The number of aromatic nitrogens is 1. The van der Waals surface area contributed by atoms with Crippen LogP contribution in [0.4, 0.5) is 10.6 Å². The minimum absolute atomic E-state index is 0.114. The predicted molar refractivity (Wildman–Crippen MR) is 110 cm³/mol. The number of methoxy groups -OCH3 is 1. The van der Waals surface area contributed by atoms with Crippen molar-refractivity contribution < 1.29 is 24.2 Å². The van der Waals surface area contributed by atoms with Crippen LogP contribution >= 0.6 is 15.9 Å². The number of esters is 1. The molecule has 1 fully saturated rings. The third kappa shape index (κ3) is 4.97. The maximum Gasteiger partial charge on any atom is 0.407 e. The van der Waals surface area contributed by atoms with Crippen molar-refractivity contribution in [1.82, 2.24) is 9.88 Å². The first-order chi connectivity index (χ1) is 13.9. The Morgan fingerprint density at radius 3 is 2.72 bits per heavy atom. The fraction of sp³-hybridized carbons (Fsp3) is 0.350. The van der Waals surface area contributed by atoms with E-state index >= 15 is 0 Å². The van der Waals surface area contributed by atoms with Crippen molar-refractivity contribution >= 4 is 33.8 Å². The van der Waals surface area contributed by atoms with Crippen LogP contribution in [0.3, 0.4) is 0 Å². The number of rotatable bonds is 5. The molecule has 1 atom stereocenters. The highest BCUT2D eigenvalue weighted by atomic mass is 79.9. The molecule has 29 heavy (non-hydrogen) atoms. The molecule has 1 aromatic heterocycles. The lowest BCUT2D eigenvalue weighted by Gasteiger charge is -2.38. The molecule has 3 rings (SSSR count). The maximum absolute atomic E-state index is 11.6. The molecule has 1 saturated heterocycles. The summed E-state index contributed by atoms with van der Waals surface area (Å²) in [6.45, 7) is 3.75. The Labute approximate surface area is 177 Å². The number of piperazine rings is 1. The van der Waals surface area contributed by atoms with Gasteiger partial charge in [0.2, 0.25) is 5.88 Å². The Bertz CT molecular complexity index is 907. The van der Waals surface area contributed by atoms with Gasteiger partial charge in [-0.05, 0) is 25.1 Å². The summed E-state index contributed by atoms with van der Waals surface area (Å²) in [5.74, 6) is 0.823. The highest BCUT2D eigenvalue weighted by Crippen LogP contribution is 2.23. The largest absolute Gasteiger partial charge is 0.473 e. The number of nitrogens with zero attached hydrogens (tertiary/aromatic N) is 3. The van der Waals surface area contributed by atoms with Crippen molar-refractivity contribution in [2.24, 2.45) is 0 Å². The zero-order chi connectivity index (χ0) is 21.0. The van der Waals surface area contributed by atoms with E-state index in [9.17, 15) is 14.7 Å². The molecule has 1 unspecified atom stereocenters. The van der Waals surface area contributed by atoms with Gasteiger partial charge in [0.1, 0.15) is 12.4 Å². The number of carboxylic acid groups (broad SMARTS) is 1. The van der Waals surface area contributed by atoms with E-state index in [0.29, 0.717) is 31.1 Å². The summed E-state index contributed by atoms with van der Waals surface area (Å²) in [6, 6.07) is 10.6. The molecule has 0 aliphatic carbocycles. The summed E-state index contributed by atoms with van der Waals surface area (Å²) in [4.78, 5) is 30.9. The van der Waals surface area contributed by atoms with E-state index in [1.54, 1.807) is 24.3 Å². The van der Waals surface area contributed by atoms with Crippen molar-refractivity contribution in [3.05, 3.63) is 52.0 Å². The number of amides is 1. The average Bonchev–Trinajstić information content (AvgIpc) is 2.72. The Morgan fingerprint density at radius 2 is 2.07 bits per heavy atom. The van der Waals surface area contributed by atoms with Gasteiger partial charge in [-0.2, -0.15) is 4.98 Å². The lowest BCUT2D eigenvalue weighted by molar-refractivity contribution is 0.0600. The lowest BCUT2D eigenvalue weighted by atomic mass is 10.1. The number of pyridine rings is 1. The summed E-state index contributed by atoms with van der Waals surface area (Å²) in [6.07, 6.45) is -0.897. The number of carbonyl (C=O) groups is 2. The van der Waals surface area contributed by atoms with Crippen LogP contribution in [0.1, 0.15) is 22.8 Å². The van der Waals surface area contributed by atoms with Crippen LogP contribution in [0.5, 0.6) is 5.88 Å². The zero-order valence-electron chi connectivity index (χ0n) is 16.2. The van der Waals surface area contributed by atoms with Gasteiger partial charge in [0.15, 0.2) is 0 Å². The highest BCUT2D eigenvalue weighted by Gasteiger charge is 2.27. The van der Waals surface area contributed by atoms with Crippen molar-refractivity contribution in [2.75, 3.05) is 31.6 Å². The van der Waals surface area contributed by atoms with Crippen LogP contribution in [0.25, 0.3) is 0 Å². The monoisotopic (exact) mass is 463 g/mol. The van der Waals surface area contributed by atoms with Crippen LogP contribution in [-0.2, 0) is 11.3 Å². The third-order valence-corrected chi connectivity index (χ3v) is 5.49. The van der Waals surface area contributed by atoms with Gasteiger partial charge < -0.3 is 24.4 Å². The van der Waals surface area contributed by atoms with E-state index in [0.717, 1.165) is 15.9 Å². The number of benzene rings is 1. The van der Waals surface area contributed by atoms with E-state index in [-0.39, 0.29) is 12.6 Å². The maximum atomic E-state index is 11.6. The van der Waals surface area contributed by atoms with Crippen LogP contribution in [0.2, 0.25) is 0 Å². The second kappa shape index (κ2) is 9.13. The third-order valence-electron chi connectivity index (χ3n) is 4.76. The van der Waals surface area contributed by atoms with Gasteiger partial charge in [-0.1, -0.05) is 28.1 Å². The molecule has 0 saturated carbocycles. The number of hydrogen-bond acceptors (Lipinski definition) is 6. The molecule has 1 aromatic carbocycles. The average molecular weight is 464 g/mol. The summed E-state index contributed by atoms with van der Waals surface area (Å²) >= 11 is 3.45. The van der Waals surface area contributed by atoms with Gasteiger partial charge in [-0.15, -0.1) is 0 Å². The molecule has 2 aromatic rings. The molecule has 154 valence electrons. The number of carbonyl (C=O) groups excluding carboxylic acids is 1. The van der Waals surface area contributed by atoms with Gasteiger partial charge in [0.25, 0.3) is 0 Å². The SMILES string of the molecule is COC(=O)c1ccc(COc2cccc(N3CCN(C(=O)O)C(C)C3)n2)c(Br)c1. The van der Waals surface area contributed by atoms with E-state index in [1.165, 1.54) is 12.0 Å². The highest BCUT2D eigenvalue weighted by molar-refractivity contribution is 9.10. The number of hydrogen-bond donors (Lipinski definition) is 1. The first kappa shape index (κ1) is 20.9. The first-order valence-electron chi connectivity index (χ1n) is 9.10. The number of ether oxygens (including phenoxy) is 2. The Kier molecular flexibility index (Phi) is 6.58. The summed E-state index contributed by atoms with van der Waals surface area (Å²) < 4.78 is 11.3. The molecule has 1 N–H and O–H groups in total. The zero-order valence-corrected chi connectivity index (χ0v) is 17.8. The lowest BCUT2D eigenvalue weighted by Crippen LogP contribution is -2.53. The van der Waals surface area contributed by atoms with Crippen molar-refractivity contribution in [3.8, 4) is 5.88 Å². The van der Waals surface area contributed by atoms with Gasteiger partial charge in [-0.25, -0.2) is 9.59 Å². The smallest absolute Gasteiger partial charge is 0.407 e. The number of anilines is 1. The van der Waals surface area contributed by atoms with Gasteiger partial charge in [0, 0.05) is 41.8 Å². The second-order valence-corrected chi connectivity index (χ2v) is 7.55. The molecule has 8 nitrogen and oxygen atoms in total. The quantitative estimate of drug-likeness (QED) is 0.679. The normalized spacial score (nSPS) is 16.4. The fourth-order valence-corrected chi connectivity index (χ4v) is 3.66. The van der Waals surface area contributed by atoms with Crippen LogP contribution < -0.4 is 9.64 Å². The van der Waals surface area contributed by atoms with E-state index < -0.39 is 12.1 Å². The van der Waals surface area contributed by atoms with E-state index in [4.69, 9.17) is 9.47 Å². The van der Waals surface area contributed by atoms with Gasteiger partial charge in [0.05, 0.1) is 12.7 Å². The molecule has 1 aliphatic heterocycles. The standard InChI is InChI=1S/C20H22BrN3O5/c1-13-11-23(8-9-24(13)20(26)27)17-4-3-5-18(22-17)29-12-15-7-6-14(10-16(15)21)19(25)28-2/h3-7,10,13H,8-9,11-12H2,1-2H3,(H,26,27). The Morgan fingerprint density at radius 1 is 1.28 bits per heavy atom. The minimum atomic E-state index is -0.897. The molecule has 2 heterocycles. The van der Waals surface area contributed by atoms with E-state index in [2.05, 4.69) is 25.8 Å². The fourth-order valence-electron chi connectivity index (χ4n) is 3.17. The molecule has 1 amide bonds. The van der Waals surface area contributed by atoms with Gasteiger partial charge in [-0.3, -0.25) is 0 Å². The van der Waals surface area contributed by atoms with Gasteiger partial charge >= 0.3 is 12.1 Å². The minimum Gasteiger partial charge on any atom is -0.473 e. The second-order valence-electron chi connectivity index (χ2n) is 6.69. The Balaban J connectivity index is 1.65. The van der Waals surface area contributed by atoms with E-state index in [1.807, 2.05) is 19.1 Å². The van der Waals surface area contributed by atoms with Crippen molar-refractivity contribution in [1.29, 1.82) is 0 Å². The topological polar surface area (TPSA) is 92.2 Å². The van der Waals surface area contributed by atoms with Crippen molar-refractivity contribution in [3.63, 3.8) is 0 Å². The molecule has 1 aliphatic rings. The van der Waals surface area contributed by atoms with Crippen LogP contribution in [0.15, 0.2) is 40.9 Å². The number of halogens is 1. The van der Waals surface area contributed by atoms with Crippen molar-refractivity contribution in [2.45, 2.75) is 19.6 Å².